The number of methoxy groups -OCH3 is 1. The van der Waals surface area contributed by atoms with Crippen LogP contribution in [-0.4, -0.2) is 30.6 Å². The highest BCUT2D eigenvalue weighted by atomic mass is 32.2. The molecule has 3 rings (SSSR count). The second-order valence-electron chi connectivity index (χ2n) is 5.30. The zero-order valence-corrected chi connectivity index (χ0v) is 15.7. The van der Waals surface area contributed by atoms with E-state index in [1.165, 1.54) is 11.8 Å². The molecule has 1 amide bonds. The first-order valence-electron chi connectivity index (χ1n) is 7.88. The van der Waals surface area contributed by atoms with Crippen molar-refractivity contribution in [2.75, 3.05) is 20.3 Å². The molecular weight excluding hydrogens is 370 g/mol. The molecule has 0 radical (unpaired) electrons. The average molecular weight is 387 g/mol. The van der Waals surface area contributed by atoms with Crippen molar-refractivity contribution in [3.05, 3.63) is 59.0 Å². The van der Waals surface area contributed by atoms with Crippen LogP contribution in [0.3, 0.4) is 0 Å². The maximum Gasteiger partial charge on any atom is 0.263 e. The van der Waals surface area contributed by atoms with Gasteiger partial charge in [0.15, 0.2) is 0 Å². The van der Waals surface area contributed by atoms with Crippen LogP contribution in [0.15, 0.2) is 53.4 Å². The number of benzene rings is 2. The topological polar surface area (TPSA) is 56.8 Å². The molecule has 0 spiro atoms. The van der Waals surface area contributed by atoms with E-state index < -0.39 is 0 Å². The maximum atomic E-state index is 11.7. The molecule has 2 aromatic carbocycles. The fourth-order valence-electron chi connectivity index (χ4n) is 2.28. The first-order chi connectivity index (χ1) is 12.6. The lowest BCUT2D eigenvalue weighted by Crippen LogP contribution is -2.17. The highest BCUT2D eigenvalue weighted by Gasteiger charge is 2.21. The van der Waals surface area contributed by atoms with E-state index in [9.17, 15) is 4.79 Å². The minimum Gasteiger partial charge on any atom is -0.497 e. The number of thiocarbonyl (C=S) groups is 1. The van der Waals surface area contributed by atoms with Crippen LogP contribution in [0.1, 0.15) is 5.56 Å². The quantitative estimate of drug-likeness (QED) is 0.445. The normalized spacial score (nSPS) is 15.0. The summed E-state index contributed by atoms with van der Waals surface area (Å²) >= 11 is 6.24. The maximum absolute atomic E-state index is 11.7. The number of hydrogen-bond donors (Lipinski definition) is 1. The van der Waals surface area contributed by atoms with Gasteiger partial charge in [0.25, 0.3) is 5.91 Å². The number of thioether (sulfide) groups is 1. The van der Waals surface area contributed by atoms with Crippen LogP contribution >= 0.6 is 24.0 Å². The summed E-state index contributed by atoms with van der Waals surface area (Å²) in [4.78, 5) is 12.3. The van der Waals surface area contributed by atoms with Crippen molar-refractivity contribution in [3.8, 4) is 17.2 Å². The Kier molecular flexibility index (Phi) is 6.14. The first kappa shape index (κ1) is 18.3. The van der Waals surface area contributed by atoms with Gasteiger partial charge in [-0.2, -0.15) is 0 Å². The molecule has 5 nitrogen and oxygen atoms in total. The SMILES string of the molecule is COc1cccc(OCCOc2cccc(/C=C3\SC(=S)NC3=O)c2)c1. The van der Waals surface area contributed by atoms with Crippen molar-refractivity contribution >= 4 is 40.3 Å². The van der Waals surface area contributed by atoms with Crippen LogP contribution in [0.25, 0.3) is 6.08 Å². The zero-order chi connectivity index (χ0) is 18.4. The van der Waals surface area contributed by atoms with E-state index in [2.05, 4.69) is 5.32 Å². The fraction of sp³-hybridized carbons (Fsp3) is 0.158. The van der Waals surface area contributed by atoms with Crippen LogP contribution in [0.5, 0.6) is 17.2 Å². The lowest BCUT2D eigenvalue weighted by Gasteiger charge is -2.09. The Balaban J connectivity index is 1.53. The summed E-state index contributed by atoms with van der Waals surface area (Å²) < 4.78 is 17.0. The van der Waals surface area contributed by atoms with Crippen LogP contribution in [0.4, 0.5) is 0 Å². The number of carbonyl (C=O) groups is 1. The monoisotopic (exact) mass is 387 g/mol. The van der Waals surface area contributed by atoms with E-state index in [1.54, 1.807) is 13.2 Å². The van der Waals surface area contributed by atoms with Gasteiger partial charge in [0, 0.05) is 6.07 Å². The van der Waals surface area contributed by atoms with Gasteiger partial charge in [0.05, 0.1) is 12.0 Å². The Hall–Kier alpha value is -2.51. The van der Waals surface area contributed by atoms with E-state index >= 15 is 0 Å². The number of hydrogen-bond acceptors (Lipinski definition) is 6. The molecule has 0 saturated carbocycles. The van der Waals surface area contributed by atoms with Crippen LogP contribution in [-0.2, 0) is 4.79 Å². The molecule has 1 heterocycles. The van der Waals surface area contributed by atoms with Crippen LogP contribution in [0, 0.1) is 0 Å². The number of carbonyl (C=O) groups excluding carboxylic acids is 1. The van der Waals surface area contributed by atoms with Gasteiger partial charge >= 0.3 is 0 Å². The van der Waals surface area contributed by atoms with E-state index in [0.29, 0.717) is 28.2 Å². The van der Waals surface area contributed by atoms with Gasteiger partial charge in [0.2, 0.25) is 0 Å². The smallest absolute Gasteiger partial charge is 0.263 e. The van der Waals surface area contributed by atoms with Gasteiger partial charge in [-0.15, -0.1) is 0 Å². The second kappa shape index (κ2) is 8.73. The van der Waals surface area contributed by atoms with Crippen molar-refractivity contribution in [2.45, 2.75) is 0 Å². The minimum atomic E-state index is -0.169. The van der Waals surface area contributed by atoms with Crippen molar-refractivity contribution in [1.29, 1.82) is 0 Å². The molecular formula is C19H17NO4S2. The highest BCUT2D eigenvalue weighted by Crippen LogP contribution is 2.27. The van der Waals surface area contributed by atoms with Crippen molar-refractivity contribution in [1.82, 2.24) is 5.32 Å². The lowest BCUT2D eigenvalue weighted by molar-refractivity contribution is -0.115. The third-order valence-electron chi connectivity index (χ3n) is 3.46. The lowest BCUT2D eigenvalue weighted by atomic mass is 10.2. The molecule has 2 aromatic rings. The van der Waals surface area contributed by atoms with Crippen molar-refractivity contribution in [3.63, 3.8) is 0 Å². The van der Waals surface area contributed by atoms with Crippen LogP contribution in [0.2, 0.25) is 0 Å². The summed E-state index contributed by atoms with van der Waals surface area (Å²) in [6, 6.07) is 14.9. The molecule has 134 valence electrons. The summed E-state index contributed by atoms with van der Waals surface area (Å²) in [6.07, 6.45) is 1.79. The molecule has 0 aliphatic carbocycles. The molecule has 1 N–H and O–H groups in total. The van der Waals surface area contributed by atoms with E-state index in [4.69, 9.17) is 26.4 Å². The van der Waals surface area contributed by atoms with Gasteiger partial charge in [-0.1, -0.05) is 42.2 Å². The molecule has 1 fully saturated rings. The zero-order valence-electron chi connectivity index (χ0n) is 14.1. The van der Waals surface area contributed by atoms with Gasteiger partial charge in [-0.05, 0) is 35.9 Å². The Labute approximate surface area is 161 Å². The molecule has 0 atom stereocenters. The summed E-state index contributed by atoms with van der Waals surface area (Å²) in [5.74, 6) is 2.02. The molecule has 0 unspecified atom stereocenters. The van der Waals surface area contributed by atoms with Crippen molar-refractivity contribution < 1.29 is 19.0 Å². The molecule has 1 aliphatic heterocycles. The number of ether oxygens (including phenoxy) is 3. The predicted molar refractivity (Wildman–Crippen MR) is 107 cm³/mol. The standard InChI is InChI=1S/C19H17NO4S2/c1-22-14-5-3-7-16(12-14)24-9-8-23-15-6-2-4-13(10-15)11-17-18(21)20-19(25)26-17/h2-7,10-12H,8-9H2,1H3,(H,20,21,25)/b17-11-. The largest absolute Gasteiger partial charge is 0.497 e. The highest BCUT2D eigenvalue weighted by molar-refractivity contribution is 8.26. The van der Waals surface area contributed by atoms with Gasteiger partial charge in [-0.25, -0.2) is 0 Å². The Bertz CT molecular complexity index is 851. The van der Waals surface area contributed by atoms with Crippen molar-refractivity contribution in [2.24, 2.45) is 0 Å². The van der Waals surface area contributed by atoms with Gasteiger partial charge < -0.3 is 19.5 Å². The molecule has 0 aromatic heterocycles. The molecule has 1 saturated heterocycles. The fourth-order valence-corrected chi connectivity index (χ4v) is 3.32. The van der Waals surface area contributed by atoms with Crippen LogP contribution < -0.4 is 19.5 Å². The number of amides is 1. The summed E-state index contributed by atoms with van der Waals surface area (Å²) in [7, 11) is 1.62. The average Bonchev–Trinajstić information content (AvgIpc) is 2.96. The molecule has 26 heavy (non-hydrogen) atoms. The number of rotatable bonds is 7. The van der Waals surface area contributed by atoms with Gasteiger partial charge in [-0.3, -0.25) is 4.79 Å². The molecule has 0 bridgehead atoms. The van der Waals surface area contributed by atoms with Gasteiger partial charge in [0.1, 0.15) is 34.8 Å². The summed E-state index contributed by atoms with van der Waals surface area (Å²) in [6.45, 7) is 0.807. The Morgan fingerprint density at radius 1 is 1.04 bits per heavy atom. The van der Waals surface area contributed by atoms with E-state index in [1.807, 2.05) is 48.5 Å². The summed E-state index contributed by atoms with van der Waals surface area (Å²) in [5, 5.41) is 2.60. The number of nitrogens with one attached hydrogen (secondary N) is 1. The summed E-state index contributed by atoms with van der Waals surface area (Å²) in [5.41, 5.74) is 0.874. The second-order valence-corrected chi connectivity index (χ2v) is 7.02. The predicted octanol–water partition coefficient (Wildman–Crippen LogP) is 3.64. The molecule has 1 aliphatic rings. The third-order valence-corrected chi connectivity index (χ3v) is 4.62. The van der Waals surface area contributed by atoms with E-state index in [-0.39, 0.29) is 5.91 Å². The van der Waals surface area contributed by atoms with E-state index in [0.717, 1.165) is 17.1 Å². The third kappa shape index (κ3) is 5.00. The first-order valence-corrected chi connectivity index (χ1v) is 9.11. The minimum absolute atomic E-state index is 0.169. The molecule has 7 heteroatoms. The Morgan fingerprint density at radius 2 is 1.69 bits per heavy atom. The Morgan fingerprint density at radius 3 is 2.35 bits per heavy atom.